The standard InChI is InChI=1S/C10H16BrNO2/c1-8(11)7-12-5-3-4-9(12)6-10(13)14-2/h9H,1,3-7H2,2H3. The van der Waals surface area contributed by atoms with Gasteiger partial charge in [0.05, 0.1) is 13.5 Å². The zero-order valence-corrected chi connectivity index (χ0v) is 10.0. The molecule has 0 aromatic heterocycles. The second-order valence-corrected chi connectivity index (χ2v) is 4.69. The summed E-state index contributed by atoms with van der Waals surface area (Å²) in [5.74, 6) is -0.123. The molecule has 0 amide bonds. The molecule has 0 saturated carbocycles. The lowest BCUT2D eigenvalue weighted by molar-refractivity contribution is -0.141. The van der Waals surface area contributed by atoms with Crippen LogP contribution in [0.25, 0.3) is 0 Å². The Balaban J connectivity index is 2.42. The van der Waals surface area contributed by atoms with E-state index in [-0.39, 0.29) is 5.97 Å². The summed E-state index contributed by atoms with van der Waals surface area (Å²) >= 11 is 3.34. The lowest BCUT2D eigenvalue weighted by Gasteiger charge is -2.22. The molecule has 4 heteroatoms. The Morgan fingerprint density at radius 1 is 1.71 bits per heavy atom. The van der Waals surface area contributed by atoms with Gasteiger partial charge in [-0.05, 0) is 19.4 Å². The molecule has 3 nitrogen and oxygen atoms in total. The zero-order chi connectivity index (χ0) is 10.6. The molecular formula is C10H16BrNO2. The van der Waals surface area contributed by atoms with Crippen molar-refractivity contribution in [2.75, 3.05) is 20.2 Å². The first-order chi connectivity index (χ1) is 6.63. The van der Waals surface area contributed by atoms with Gasteiger partial charge in [0.2, 0.25) is 0 Å². The Kier molecular flexibility index (Phi) is 4.62. The predicted molar refractivity (Wildman–Crippen MR) is 59.3 cm³/mol. The minimum Gasteiger partial charge on any atom is -0.469 e. The van der Waals surface area contributed by atoms with Crippen molar-refractivity contribution in [3.8, 4) is 0 Å². The van der Waals surface area contributed by atoms with Crippen LogP contribution >= 0.6 is 15.9 Å². The van der Waals surface area contributed by atoms with Gasteiger partial charge >= 0.3 is 5.97 Å². The minimum absolute atomic E-state index is 0.123. The topological polar surface area (TPSA) is 29.5 Å². The highest BCUT2D eigenvalue weighted by Gasteiger charge is 2.26. The molecule has 0 aromatic rings. The number of nitrogens with zero attached hydrogens (tertiary/aromatic N) is 1. The maximum absolute atomic E-state index is 11.1. The molecule has 1 fully saturated rings. The van der Waals surface area contributed by atoms with Gasteiger partial charge in [-0.15, -0.1) is 0 Å². The molecule has 0 radical (unpaired) electrons. The number of carbonyl (C=O) groups excluding carboxylic acids is 1. The number of hydrogen-bond donors (Lipinski definition) is 0. The molecule has 1 rings (SSSR count). The molecule has 14 heavy (non-hydrogen) atoms. The fraction of sp³-hybridized carbons (Fsp3) is 0.700. The van der Waals surface area contributed by atoms with Crippen molar-refractivity contribution >= 4 is 21.9 Å². The molecule has 0 aromatic carbocycles. The van der Waals surface area contributed by atoms with Crippen molar-refractivity contribution in [1.29, 1.82) is 0 Å². The second-order valence-electron chi connectivity index (χ2n) is 3.56. The van der Waals surface area contributed by atoms with E-state index in [1.807, 2.05) is 0 Å². The Morgan fingerprint density at radius 2 is 2.43 bits per heavy atom. The summed E-state index contributed by atoms with van der Waals surface area (Å²) in [6, 6.07) is 0.330. The van der Waals surface area contributed by atoms with Gasteiger partial charge in [0.25, 0.3) is 0 Å². The Hall–Kier alpha value is -0.350. The fourth-order valence-electron chi connectivity index (χ4n) is 1.83. The van der Waals surface area contributed by atoms with E-state index >= 15 is 0 Å². The molecule has 1 heterocycles. The predicted octanol–water partition coefficient (Wildman–Crippen LogP) is 1.92. The van der Waals surface area contributed by atoms with Gasteiger partial charge in [0, 0.05) is 17.1 Å². The van der Waals surface area contributed by atoms with Gasteiger partial charge in [-0.1, -0.05) is 22.5 Å². The molecule has 1 aliphatic heterocycles. The lowest BCUT2D eigenvalue weighted by atomic mass is 10.1. The molecule has 0 spiro atoms. The van der Waals surface area contributed by atoms with E-state index in [1.54, 1.807) is 0 Å². The normalized spacial score (nSPS) is 22.3. The molecule has 0 aliphatic carbocycles. The van der Waals surface area contributed by atoms with Crippen LogP contribution in [0.1, 0.15) is 19.3 Å². The van der Waals surface area contributed by atoms with Crippen LogP contribution in [0.5, 0.6) is 0 Å². The van der Waals surface area contributed by atoms with E-state index < -0.39 is 0 Å². The number of ether oxygens (including phenoxy) is 1. The monoisotopic (exact) mass is 261 g/mol. The van der Waals surface area contributed by atoms with Gasteiger partial charge in [-0.2, -0.15) is 0 Å². The first kappa shape index (κ1) is 11.7. The first-order valence-corrected chi connectivity index (χ1v) is 5.57. The SMILES string of the molecule is C=C(Br)CN1CCCC1CC(=O)OC. The summed E-state index contributed by atoms with van der Waals surface area (Å²) in [6.07, 6.45) is 2.73. The van der Waals surface area contributed by atoms with Gasteiger partial charge in [0.1, 0.15) is 0 Å². The van der Waals surface area contributed by atoms with Gasteiger partial charge in [-0.3, -0.25) is 9.69 Å². The lowest BCUT2D eigenvalue weighted by Crippen LogP contribution is -2.32. The van der Waals surface area contributed by atoms with Crippen molar-refractivity contribution in [1.82, 2.24) is 4.90 Å². The number of hydrogen-bond acceptors (Lipinski definition) is 3. The van der Waals surface area contributed by atoms with Crippen molar-refractivity contribution in [3.63, 3.8) is 0 Å². The number of esters is 1. The number of halogens is 1. The smallest absolute Gasteiger partial charge is 0.307 e. The van der Waals surface area contributed by atoms with Crippen LogP contribution in [0.2, 0.25) is 0 Å². The zero-order valence-electron chi connectivity index (χ0n) is 8.46. The molecule has 0 N–H and O–H groups in total. The summed E-state index contributed by atoms with van der Waals surface area (Å²) in [4.78, 5) is 13.4. The van der Waals surface area contributed by atoms with Crippen molar-refractivity contribution in [2.24, 2.45) is 0 Å². The average Bonchev–Trinajstić information content (AvgIpc) is 2.52. The van der Waals surface area contributed by atoms with Gasteiger partial charge in [-0.25, -0.2) is 0 Å². The van der Waals surface area contributed by atoms with Crippen molar-refractivity contribution < 1.29 is 9.53 Å². The minimum atomic E-state index is -0.123. The van der Waals surface area contributed by atoms with E-state index in [0.717, 1.165) is 30.4 Å². The van der Waals surface area contributed by atoms with Crippen LogP contribution in [-0.4, -0.2) is 37.1 Å². The van der Waals surface area contributed by atoms with Crippen LogP contribution < -0.4 is 0 Å². The van der Waals surface area contributed by atoms with E-state index in [9.17, 15) is 4.79 Å². The summed E-state index contributed by atoms with van der Waals surface area (Å²) in [6.45, 7) is 5.68. The second kappa shape index (κ2) is 5.51. The van der Waals surface area contributed by atoms with Gasteiger partial charge in [0.15, 0.2) is 0 Å². The average molecular weight is 262 g/mol. The third-order valence-electron chi connectivity index (χ3n) is 2.50. The number of carbonyl (C=O) groups is 1. The van der Waals surface area contributed by atoms with E-state index in [1.165, 1.54) is 7.11 Å². The Morgan fingerprint density at radius 3 is 3.00 bits per heavy atom. The van der Waals surface area contributed by atoms with Crippen LogP contribution in [0.15, 0.2) is 11.1 Å². The van der Waals surface area contributed by atoms with Crippen molar-refractivity contribution in [2.45, 2.75) is 25.3 Å². The van der Waals surface area contributed by atoms with Crippen LogP contribution in [0.4, 0.5) is 0 Å². The Labute approximate surface area is 93.2 Å². The van der Waals surface area contributed by atoms with Crippen LogP contribution in [-0.2, 0) is 9.53 Å². The highest BCUT2D eigenvalue weighted by Crippen LogP contribution is 2.22. The molecule has 1 unspecified atom stereocenters. The van der Waals surface area contributed by atoms with E-state index in [2.05, 4.69) is 32.1 Å². The fourth-order valence-corrected chi connectivity index (χ4v) is 2.15. The molecule has 0 bridgehead atoms. The Bertz CT molecular complexity index is 230. The van der Waals surface area contributed by atoms with Crippen LogP contribution in [0, 0.1) is 0 Å². The summed E-state index contributed by atoms with van der Waals surface area (Å²) in [5, 5.41) is 0. The first-order valence-electron chi connectivity index (χ1n) is 4.77. The molecule has 1 saturated heterocycles. The number of rotatable bonds is 4. The maximum atomic E-state index is 11.1. The largest absolute Gasteiger partial charge is 0.469 e. The van der Waals surface area contributed by atoms with Crippen LogP contribution in [0.3, 0.4) is 0 Å². The number of likely N-dealkylation sites (tertiary alicyclic amines) is 1. The summed E-state index contributed by atoms with van der Waals surface area (Å²) in [5.41, 5.74) is 0. The quantitative estimate of drug-likeness (QED) is 0.725. The molecule has 1 aliphatic rings. The van der Waals surface area contributed by atoms with Gasteiger partial charge < -0.3 is 4.74 Å². The highest BCUT2D eigenvalue weighted by molar-refractivity contribution is 9.11. The van der Waals surface area contributed by atoms with E-state index in [4.69, 9.17) is 0 Å². The maximum Gasteiger partial charge on any atom is 0.307 e. The van der Waals surface area contributed by atoms with Crippen molar-refractivity contribution in [3.05, 3.63) is 11.1 Å². The summed E-state index contributed by atoms with van der Waals surface area (Å²) in [7, 11) is 1.44. The third kappa shape index (κ3) is 3.42. The van der Waals surface area contributed by atoms with E-state index in [0.29, 0.717) is 12.5 Å². The molecular weight excluding hydrogens is 246 g/mol. The highest BCUT2D eigenvalue weighted by atomic mass is 79.9. The third-order valence-corrected chi connectivity index (χ3v) is 2.75. The molecule has 80 valence electrons. The molecule has 1 atom stereocenters. The number of methoxy groups -OCH3 is 1. The summed E-state index contributed by atoms with van der Waals surface area (Å²) < 4.78 is 5.63.